The van der Waals surface area contributed by atoms with Crippen molar-refractivity contribution in [3.05, 3.63) is 46.9 Å². The molecule has 95 valence electrons. The van der Waals surface area contributed by atoms with Gasteiger partial charge in [-0.25, -0.2) is 0 Å². The van der Waals surface area contributed by atoms with E-state index < -0.39 is 13.9 Å². The second-order valence-electron chi connectivity index (χ2n) is 6.11. The number of rotatable bonds is 2. The van der Waals surface area contributed by atoms with Crippen molar-refractivity contribution in [1.29, 1.82) is 0 Å². The summed E-state index contributed by atoms with van der Waals surface area (Å²) < 4.78 is 15.6. The molecule has 0 aromatic carbocycles. The second kappa shape index (κ2) is 3.10. The maximum absolute atomic E-state index is 2.53. The summed E-state index contributed by atoms with van der Waals surface area (Å²) in [6.07, 6.45) is 1.36. The van der Waals surface area contributed by atoms with E-state index in [2.05, 4.69) is 20.8 Å². The van der Waals surface area contributed by atoms with Crippen molar-refractivity contribution in [2.45, 2.75) is 31.5 Å². The van der Waals surface area contributed by atoms with Crippen molar-refractivity contribution >= 4 is 58.8 Å². The van der Waals surface area contributed by atoms with E-state index in [1.165, 1.54) is 6.42 Å². The Labute approximate surface area is 136 Å². The molecule has 0 N–H and O–H groups in total. The van der Waals surface area contributed by atoms with Crippen LogP contribution in [0.5, 0.6) is 0 Å². The molecule has 6 aliphatic rings. The summed E-state index contributed by atoms with van der Waals surface area (Å²) in [6.45, 7) is 7.45. The third-order valence-corrected chi connectivity index (χ3v) is 18.3. The third-order valence-electron chi connectivity index (χ3n) is 4.65. The van der Waals surface area contributed by atoms with E-state index in [0.717, 1.165) is 44.9 Å². The molecule has 6 rings (SSSR count). The maximum atomic E-state index is 2.53. The van der Waals surface area contributed by atoms with Gasteiger partial charge >= 0.3 is 137 Å². The Bertz CT molecular complexity index is 770. The molecule has 0 atom stereocenters. The van der Waals surface area contributed by atoms with Gasteiger partial charge in [-0.15, -0.1) is 0 Å². The first-order chi connectivity index (χ1) is 9.13. The zero-order valence-electron chi connectivity index (χ0n) is 10.8. The monoisotopic (exact) mass is 511 g/mol. The van der Waals surface area contributed by atoms with Crippen LogP contribution in [0.3, 0.4) is 0 Å². The van der Waals surface area contributed by atoms with E-state index in [9.17, 15) is 0 Å². The van der Waals surface area contributed by atoms with E-state index in [-0.39, 0.29) is 0 Å². The van der Waals surface area contributed by atoms with Crippen molar-refractivity contribution in [2.24, 2.45) is 0 Å². The molecule has 19 heavy (non-hydrogen) atoms. The van der Waals surface area contributed by atoms with Gasteiger partial charge in [0.1, 0.15) is 0 Å². The fourth-order valence-electron chi connectivity index (χ4n) is 3.09. The van der Waals surface area contributed by atoms with Crippen LogP contribution < -0.4 is 0 Å². The molecule has 1 radical (unpaired) electrons. The van der Waals surface area contributed by atoms with Crippen LogP contribution in [-0.4, -0.2) is 58.8 Å². The van der Waals surface area contributed by atoms with Crippen LogP contribution in [0.4, 0.5) is 0 Å². The molecule has 0 saturated carbocycles. The van der Waals surface area contributed by atoms with Crippen LogP contribution in [0.25, 0.3) is 0 Å². The third kappa shape index (κ3) is 1.22. The van der Waals surface area contributed by atoms with E-state index >= 15 is 0 Å². The number of hydrogen-bond acceptors (Lipinski definition) is 0. The Balaban J connectivity index is 1.52. The van der Waals surface area contributed by atoms with Gasteiger partial charge in [-0.1, -0.05) is 0 Å². The first-order valence-corrected chi connectivity index (χ1v) is 14.4. The fourth-order valence-corrected chi connectivity index (χ4v) is 18.6. The molecule has 0 fully saturated rings. The van der Waals surface area contributed by atoms with Crippen LogP contribution >= 0.6 is 0 Å². The molecule has 0 spiro atoms. The van der Waals surface area contributed by atoms with Crippen molar-refractivity contribution < 1.29 is 0 Å². The van der Waals surface area contributed by atoms with Crippen LogP contribution in [0, 0.1) is 0 Å². The van der Waals surface area contributed by atoms with Crippen LogP contribution in [0.2, 0.25) is 4.31 Å². The Kier molecular flexibility index (Phi) is 1.85. The molecular formula is C15H11Se4. The second-order valence-corrected chi connectivity index (χ2v) is 17.8. The molecular weight excluding hydrogens is 496 g/mol. The number of allylic oxidation sites excluding steroid dienone is 10. The Morgan fingerprint density at radius 2 is 1.37 bits per heavy atom. The van der Waals surface area contributed by atoms with Gasteiger partial charge in [0.25, 0.3) is 0 Å². The van der Waals surface area contributed by atoms with E-state index in [1.807, 2.05) is 46.9 Å². The first kappa shape index (κ1) is 11.4. The summed E-state index contributed by atoms with van der Waals surface area (Å²) in [7, 11) is 0. The number of hydrogen-bond donors (Lipinski definition) is 0. The summed E-state index contributed by atoms with van der Waals surface area (Å²) in [6, 6.07) is 0. The molecule has 0 aromatic heterocycles. The quantitative estimate of drug-likeness (QED) is 0.504. The summed E-state index contributed by atoms with van der Waals surface area (Å²) in [5.41, 5.74) is 3.69. The summed E-state index contributed by atoms with van der Waals surface area (Å²) in [5, 5.41) is 0. The minimum atomic E-state index is -0.545. The Morgan fingerprint density at radius 3 is 2.00 bits per heavy atom. The standard InChI is InChI=1S/C15H11Se4/c1-4-15(2,3)19-13-6(9-12(18-9)14(13)19)5-7-10(16-7)11-8(5)17-11/h4H2,1-3H3. The molecule has 4 heterocycles. The van der Waals surface area contributed by atoms with Crippen molar-refractivity contribution in [3.8, 4) is 0 Å². The Hall–Kier alpha value is 0.778. The average molecular weight is 507 g/mol. The first-order valence-electron chi connectivity index (χ1n) is 6.65. The summed E-state index contributed by atoms with van der Waals surface area (Å²) in [4.78, 5) is 0. The molecule has 2 aliphatic carbocycles. The molecule has 0 aromatic rings. The molecule has 0 nitrogen and oxygen atoms in total. The number of fused-ring (bicyclic) bond motifs is 2. The average Bonchev–Trinajstić information content (AvgIpc) is 3.24. The van der Waals surface area contributed by atoms with Crippen LogP contribution in [0.1, 0.15) is 27.2 Å². The van der Waals surface area contributed by atoms with E-state index in [1.54, 1.807) is 0 Å². The molecule has 0 unspecified atom stereocenters. The molecule has 0 amide bonds. The fraction of sp³-hybridized carbons (Fsp3) is 0.333. The topological polar surface area (TPSA) is 0 Å². The minimum absolute atomic E-state index is 0.545. The van der Waals surface area contributed by atoms with Gasteiger partial charge in [0, 0.05) is 0 Å². The van der Waals surface area contributed by atoms with Crippen molar-refractivity contribution in [2.75, 3.05) is 0 Å². The van der Waals surface area contributed by atoms with Crippen LogP contribution in [0.15, 0.2) is 46.9 Å². The van der Waals surface area contributed by atoms with Gasteiger partial charge in [0.15, 0.2) is 0 Å². The van der Waals surface area contributed by atoms with Crippen LogP contribution in [-0.2, 0) is 0 Å². The Morgan fingerprint density at radius 1 is 0.789 bits per heavy atom. The van der Waals surface area contributed by atoms with E-state index in [0.29, 0.717) is 4.31 Å². The van der Waals surface area contributed by atoms with Crippen molar-refractivity contribution in [1.82, 2.24) is 0 Å². The van der Waals surface area contributed by atoms with Gasteiger partial charge in [-0.3, -0.25) is 0 Å². The van der Waals surface area contributed by atoms with Crippen molar-refractivity contribution in [3.63, 3.8) is 0 Å². The SMILES string of the molecule is CCC(C)(C)[Se]1C2=C1C(=C1C3=C([Se]3)C3=C1[Se]3)C1=C2[Se]1. The van der Waals surface area contributed by atoms with E-state index in [4.69, 9.17) is 0 Å². The molecule has 4 heteroatoms. The molecule has 0 saturated heterocycles. The zero-order chi connectivity index (χ0) is 12.7. The zero-order valence-corrected chi connectivity index (χ0v) is 17.7. The predicted octanol–water partition coefficient (Wildman–Crippen LogP) is 2.17. The van der Waals surface area contributed by atoms with Gasteiger partial charge in [0.2, 0.25) is 0 Å². The summed E-state index contributed by atoms with van der Waals surface area (Å²) in [5.74, 6) is 0. The normalized spacial score (nSPS) is 29.2. The van der Waals surface area contributed by atoms with Gasteiger partial charge in [-0.05, 0) is 0 Å². The predicted molar refractivity (Wildman–Crippen MR) is 82.5 cm³/mol. The van der Waals surface area contributed by atoms with Gasteiger partial charge in [-0.2, -0.15) is 0 Å². The van der Waals surface area contributed by atoms with Gasteiger partial charge < -0.3 is 0 Å². The molecule has 0 bridgehead atoms. The summed E-state index contributed by atoms with van der Waals surface area (Å²) >= 11 is 1.89. The molecule has 4 aliphatic heterocycles. The van der Waals surface area contributed by atoms with Gasteiger partial charge in [0.05, 0.1) is 0 Å².